The molecule has 6 nitrogen and oxygen atoms in total. The fourth-order valence-corrected chi connectivity index (χ4v) is 2.80. The topological polar surface area (TPSA) is 83.7 Å². The van der Waals surface area contributed by atoms with Crippen molar-refractivity contribution < 1.29 is 19.2 Å². The van der Waals surface area contributed by atoms with Gasteiger partial charge in [-0.2, -0.15) is 0 Å². The van der Waals surface area contributed by atoms with Gasteiger partial charge in [-0.1, -0.05) is 0 Å². The zero-order chi connectivity index (χ0) is 14.9. The number of carboxylic acids is 1. The van der Waals surface area contributed by atoms with Crippen LogP contribution < -0.4 is 4.90 Å². The Balaban J connectivity index is 2.42. The van der Waals surface area contributed by atoms with Crippen molar-refractivity contribution in [1.82, 2.24) is 0 Å². The maximum absolute atomic E-state index is 13.7. The van der Waals surface area contributed by atoms with Crippen LogP contribution in [0.25, 0.3) is 0 Å². The van der Waals surface area contributed by atoms with Gasteiger partial charge in [0, 0.05) is 24.7 Å². The number of aliphatic carboxylic acids is 1. The summed E-state index contributed by atoms with van der Waals surface area (Å²) in [5.41, 5.74) is -0.0880. The van der Waals surface area contributed by atoms with Crippen LogP contribution in [0.3, 0.4) is 0 Å². The first-order chi connectivity index (χ1) is 9.40. The standard InChI is InChI=1S/C12H12BrFN2O4/c13-8-5-11(16(19)20)10(6-9(8)14)15-3-1-2-7(15)4-12(17)18/h5-7H,1-4H2,(H,17,18). The fraction of sp³-hybridized carbons (Fsp3) is 0.417. The van der Waals surface area contributed by atoms with Gasteiger partial charge in [0.1, 0.15) is 11.5 Å². The molecule has 8 heteroatoms. The fourth-order valence-electron chi connectivity index (χ4n) is 2.47. The van der Waals surface area contributed by atoms with Gasteiger partial charge >= 0.3 is 5.97 Å². The summed E-state index contributed by atoms with van der Waals surface area (Å²) in [7, 11) is 0. The molecule has 2 rings (SSSR count). The number of anilines is 1. The van der Waals surface area contributed by atoms with Crippen LogP contribution in [-0.2, 0) is 4.79 Å². The van der Waals surface area contributed by atoms with E-state index in [2.05, 4.69) is 15.9 Å². The van der Waals surface area contributed by atoms with Crippen molar-refractivity contribution in [2.45, 2.75) is 25.3 Å². The third-order valence-corrected chi connectivity index (χ3v) is 3.92. The summed E-state index contributed by atoms with van der Waals surface area (Å²) in [6.07, 6.45) is 1.24. The summed E-state index contributed by atoms with van der Waals surface area (Å²) in [4.78, 5) is 22.9. The van der Waals surface area contributed by atoms with Crippen molar-refractivity contribution >= 4 is 33.3 Å². The normalized spacial score (nSPS) is 18.3. The van der Waals surface area contributed by atoms with Gasteiger partial charge in [-0.15, -0.1) is 0 Å². The van der Waals surface area contributed by atoms with Crippen LogP contribution in [0.1, 0.15) is 19.3 Å². The number of carbonyl (C=O) groups is 1. The molecule has 1 aromatic carbocycles. The number of carboxylic acid groups (broad SMARTS) is 1. The predicted octanol–water partition coefficient (Wildman–Crippen LogP) is 2.94. The van der Waals surface area contributed by atoms with Crippen molar-refractivity contribution in [2.75, 3.05) is 11.4 Å². The van der Waals surface area contributed by atoms with E-state index in [-0.39, 0.29) is 28.3 Å². The van der Waals surface area contributed by atoms with Crippen molar-refractivity contribution in [2.24, 2.45) is 0 Å². The smallest absolute Gasteiger partial charge is 0.305 e. The molecule has 1 unspecified atom stereocenters. The molecule has 108 valence electrons. The van der Waals surface area contributed by atoms with E-state index in [0.717, 1.165) is 18.6 Å². The Morgan fingerprint density at radius 3 is 2.90 bits per heavy atom. The summed E-state index contributed by atoms with van der Waals surface area (Å²) in [5, 5.41) is 20.0. The Kier molecular flexibility index (Phi) is 4.22. The summed E-state index contributed by atoms with van der Waals surface area (Å²) < 4.78 is 13.7. The molecule has 0 saturated carbocycles. The van der Waals surface area contributed by atoms with Gasteiger partial charge in [-0.3, -0.25) is 14.9 Å². The number of benzene rings is 1. The molecule has 1 aliphatic rings. The second-order valence-corrected chi connectivity index (χ2v) is 5.45. The summed E-state index contributed by atoms with van der Waals surface area (Å²) >= 11 is 2.92. The van der Waals surface area contributed by atoms with Gasteiger partial charge < -0.3 is 10.0 Å². The average molecular weight is 347 g/mol. The number of nitro benzene ring substituents is 1. The predicted molar refractivity (Wildman–Crippen MR) is 73.4 cm³/mol. The molecule has 0 aliphatic carbocycles. The third-order valence-electron chi connectivity index (χ3n) is 3.31. The molecule has 0 bridgehead atoms. The Hall–Kier alpha value is -1.70. The number of nitrogens with zero attached hydrogens (tertiary/aromatic N) is 2. The van der Waals surface area contributed by atoms with E-state index in [0.29, 0.717) is 13.0 Å². The second-order valence-electron chi connectivity index (χ2n) is 4.60. The minimum Gasteiger partial charge on any atom is -0.481 e. The van der Waals surface area contributed by atoms with E-state index < -0.39 is 16.7 Å². The zero-order valence-corrected chi connectivity index (χ0v) is 12.0. The minimum absolute atomic E-state index is 0.0157. The van der Waals surface area contributed by atoms with E-state index in [9.17, 15) is 19.3 Å². The molecular weight excluding hydrogens is 335 g/mol. The molecule has 1 saturated heterocycles. The molecule has 20 heavy (non-hydrogen) atoms. The van der Waals surface area contributed by atoms with E-state index in [1.807, 2.05) is 0 Å². The summed E-state index contributed by atoms with van der Waals surface area (Å²) in [6.45, 7) is 0.486. The number of hydrogen-bond acceptors (Lipinski definition) is 4. The highest BCUT2D eigenvalue weighted by molar-refractivity contribution is 9.10. The highest BCUT2D eigenvalue weighted by Crippen LogP contribution is 2.37. The van der Waals surface area contributed by atoms with E-state index >= 15 is 0 Å². The van der Waals surface area contributed by atoms with Crippen LogP contribution in [0, 0.1) is 15.9 Å². The molecule has 0 spiro atoms. The molecule has 1 N–H and O–H groups in total. The molecule has 1 atom stereocenters. The van der Waals surface area contributed by atoms with Crippen molar-refractivity contribution in [3.05, 3.63) is 32.5 Å². The average Bonchev–Trinajstić information content (AvgIpc) is 2.79. The maximum Gasteiger partial charge on any atom is 0.305 e. The highest BCUT2D eigenvalue weighted by atomic mass is 79.9. The van der Waals surface area contributed by atoms with Crippen molar-refractivity contribution in [3.63, 3.8) is 0 Å². The first kappa shape index (κ1) is 14.7. The number of rotatable bonds is 4. The minimum atomic E-state index is -0.970. The Labute approximate surface area is 122 Å². The first-order valence-corrected chi connectivity index (χ1v) is 6.81. The summed E-state index contributed by atoms with van der Waals surface area (Å²) in [6, 6.07) is 1.86. The van der Waals surface area contributed by atoms with Crippen molar-refractivity contribution in [3.8, 4) is 0 Å². The second kappa shape index (κ2) is 5.74. The van der Waals surface area contributed by atoms with Crippen molar-refractivity contribution in [1.29, 1.82) is 0 Å². The zero-order valence-electron chi connectivity index (χ0n) is 10.4. The van der Waals surface area contributed by atoms with Crippen LogP contribution in [0.5, 0.6) is 0 Å². The van der Waals surface area contributed by atoms with Gasteiger partial charge in [0.15, 0.2) is 0 Å². The lowest BCUT2D eigenvalue weighted by molar-refractivity contribution is -0.384. The molecule has 0 aromatic heterocycles. The lowest BCUT2D eigenvalue weighted by Gasteiger charge is -2.25. The Morgan fingerprint density at radius 1 is 1.60 bits per heavy atom. The van der Waals surface area contributed by atoms with Crippen LogP contribution in [0.2, 0.25) is 0 Å². The number of halogens is 2. The van der Waals surface area contributed by atoms with E-state index in [4.69, 9.17) is 5.11 Å². The van der Waals surface area contributed by atoms with E-state index in [1.54, 1.807) is 4.90 Å². The Bertz CT molecular complexity index is 567. The van der Waals surface area contributed by atoms with Gasteiger partial charge in [0.25, 0.3) is 5.69 Å². The van der Waals surface area contributed by atoms with Gasteiger partial charge in [0.05, 0.1) is 15.8 Å². The molecule has 1 heterocycles. The SMILES string of the molecule is O=C(O)CC1CCCN1c1cc(F)c(Br)cc1[N+](=O)[O-]. The van der Waals surface area contributed by atoms with E-state index in [1.165, 1.54) is 0 Å². The molecule has 1 aromatic rings. The maximum atomic E-state index is 13.7. The monoisotopic (exact) mass is 346 g/mol. The molecular formula is C12H12BrFN2O4. The first-order valence-electron chi connectivity index (χ1n) is 6.02. The van der Waals surface area contributed by atoms with Gasteiger partial charge in [-0.25, -0.2) is 4.39 Å². The number of nitro groups is 1. The quantitative estimate of drug-likeness (QED) is 0.669. The third kappa shape index (κ3) is 2.90. The molecule has 1 aliphatic heterocycles. The lowest BCUT2D eigenvalue weighted by Crippen LogP contribution is -2.31. The lowest BCUT2D eigenvalue weighted by atomic mass is 10.1. The Morgan fingerprint density at radius 2 is 2.30 bits per heavy atom. The van der Waals surface area contributed by atoms with Gasteiger partial charge in [-0.05, 0) is 28.8 Å². The van der Waals surface area contributed by atoms with Crippen LogP contribution in [0.15, 0.2) is 16.6 Å². The number of hydrogen-bond donors (Lipinski definition) is 1. The highest BCUT2D eigenvalue weighted by Gasteiger charge is 2.32. The van der Waals surface area contributed by atoms with Crippen LogP contribution in [0.4, 0.5) is 15.8 Å². The van der Waals surface area contributed by atoms with Gasteiger partial charge in [0.2, 0.25) is 0 Å². The largest absolute Gasteiger partial charge is 0.481 e. The van der Waals surface area contributed by atoms with Crippen LogP contribution in [-0.4, -0.2) is 28.6 Å². The molecule has 1 fully saturated rings. The van der Waals surface area contributed by atoms with Crippen LogP contribution >= 0.6 is 15.9 Å². The summed E-state index contributed by atoms with van der Waals surface area (Å²) in [5.74, 6) is -1.58. The molecule has 0 radical (unpaired) electrons. The molecule has 0 amide bonds.